The molecule has 1 rings (SSSR count). The highest BCUT2D eigenvalue weighted by molar-refractivity contribution is 5.14. The van der Waals surface area contributed by atoms with Gasteiger partial charge in [0.2, 0.25) is 0 Å². The molecule has 1 atom stereocenters. The first-order valence-electron chi connectivity index (χ1n) is 6.70. The van der Waals surface area contributed by atoms with E-state index in [1.807, 2.05) is 6.07 Å². The van der Waals surface area contributed by atoms with Gasteiger partial charge in [-0.25, -0.2) is 0 Å². The molecule has 1 aromatic carbocycles. The fraction of sp³-hybridized carbons (Fsp3) is 0.600. The van der Waals surface area contributed by atoms with Gasteiger partial charge in [-0.3, -0.25) is 0 Å². The second-order valence-corrected chi connectivity index (χ2v) is 4.58. The van der Waals surface area contributed by atoms with Gasteiger partial charge in [0, 0.05) is 6.54 Å². The molecular weight excluding hydrogens is 210 g/mol. The molecule has 0 spiro atoms. The molecule has 1 unspecified atom stereocenters. The first-order valence-corrected chi connectivity index (χ1v) is 6.70. The monoisotopic (exact) mass is 235 g/mol. The van der Waals surface area contributed by atoms with E-state index in [-0.39, 0.29) is 6.10 Å². The molecule has 17 heavy (non-hydrogen) atoms. The number of hydrogen-bond donors (Lipinski definition) is 2. The summed E-state index contributed by atoms with van der Waals surface area (Å²) in [4.78, 5) is 0. The molecule has 0 bridgehead atoms. The summed E-state index contributed by atoms with van der Waals surface area (Å²) in [6, 6.07) is 10.4. The van der Waals surface area contributed by atoms with Crippen molar-refractivity contribution in [2.45, 2.75) is 39.2 Å². The van der Waals surface area contributed by atoms with Crippen molar-refractivity contribution < 1.29 is 5.11 Å². The second kappa shape index (κ2) is 8.26. The third-order valence-corrected chi connectivity index (χ3v) is 3.38. The number of aliphatic hydroxyl groups excluding tert-OH is 1. The van der Waals surface area contributed by atoms with Gasteiger partial charge in [0.25, 0.3) is 0 Å². The molecule has 0 aliphatic heterocycles. The minimum absolute atomic E-state index is 0.208. The summed E-state index contributed by atoms with van der Waals surface area (Å²) < 4.78 is 0. The maximum Gasteiger partial charge on any atom is 0.0692 e. The summed E-state index contributed by atoms with van der Waals surface area (Å²) >= 11 is 0. The summed E-state index contributed by atoms with van der Waals surface area (Å²) in [5.41, 5.74) is 1.34. The van der Waals surface area contributed by atoms with Crippen LogP contribution in [0.25, 0.3) is 0 Å². The largest absolute Gasteiger partial charge is 0.392 e. The van der Waals surface area contributed by atoms with E-state index in [4.69, 9.17) is 0 Å². The van der Waals surface area contributed by atoms with Crippen LogP contribution in [0.5, 0.6) is 0 Å². The molecular formula is C15H25NO. The minimum Gasteiger partial charge on any atom is -0.392 e. The number of hydrogen-bond acceptors (Lipinski definition) is 2. The molecule has 0 fully saturated rings. The third-order valence-electron chi connectivity index (χ3n) is 3.38. The Labute approximate surface area is 105 Å². The molecule has 1 aromatic rings. The lowest BCUT2D eigenvalue weighted by Gasteiger charge is -2.20. The Morgan fingerprint density at radius 3 is 2.35 bits per heavy atom. The van der Waals surface area contributed by atoms with Crippen LogP contribution in [0.3, 0.4) is 0 Å². The zero-order valence-corrected chi connectivity index (χ0v) is 11.0. The average Bonchev–Trinajstić information content (AvgIpc) is 2.37. The summed E-state index contributed by atoms with van der Waals surface area (Å²) in [5.74, 6) is 0.430. The van der Waals surface area contributed by atoms with E-state index < -0.39 is 0 Å². The molecule has 2 heteroatoms. The van der Waals surface area contributed by atoms with Crippen molar-refractivity contribution in [2.24, 2.45) is 5.92 Å². The smallest absolute Gasteiger partial charge is 0.0692 e. The Balaban J connectivity index is 2.16. The molecule has 0 saturated heterocycles. The highest BCUT2D eigenvalue weighted by atomic mass is 16.3. The quantitative estimate of drug-likeness (QED) is 0.679. The van der Waals surface area contributed by atoms with E-state index in [0.29, 0.717) is 12.5 Å². The van der Waals surface area contributed by atoms with Gasteiger partial charge in [-0.05, 0) is 24.4 Å². The van der Waals surface area contributed by atoms with Crippen LogP contribution in [-0.2, 0) is 6.42 Å². The van der Waals surface area contributed by atoms with Crippen LogP contribution < -0.4 is 5.32 Å². The summed E-state index contributed by atoms with van der Waals surface area (Å²) in [6.07, 6.45) is 2.92. The molecule has 2 N–H and O–H groups in total. The zero-order chi connectivity index (χ0) is 12.5. The minimum atomic E-state index is -0.208. The highest BCUT2D eigenvalue weighted by Crippen LogP contribution is 2.12. The van der Waals surface area contributed by atoms with E-state index in [1.165, 1.54) is 5.56 Å². The number of nitrogens with one attached hydrogen (secondary N) is 1. The first-order chi connectivity index (χ1) is 8.27. The van der Waals surface area contributed by atoms with Crippen LogP contribution in [0.2, 0.25) is 0 Å². The van der Waals surface area contributed by atoms with Crippen LogP contribution in [0.15, 0.2) is 30.3 Å². The summed E-state index contributed by atoms with van der Waals surface area (Å²) in [6.45, 7) is 5.92. The van der Waals surface area contributed by atoms with Gasteiger partial charge in [-0.2, -0.15) is 0 Å². The van der Waals surface area contributed by atoms with E-state index in [9.17, 15) is 5.11 Å². The van der Waals surface area contributed by atoms with Gasteiger partial charge in [-0.1, -0.05) is 57.0 Å². The van der Waals surface area contributed by atoms with Gasteiger partial charge >= 0.3 is 0 Å². The van der Waals surface area contributed by atoms with Gasteiger partial charge in [0.15, 0.2) is 0 Å². The molecule has 0 amide bonds. The Kier molecular flexibility index (Phi) is 6.90. The maximum absolute atomic E-state index is 9.94. The third kappa shape index (κ3) is 5.33. The van der Waals surface area contributed by atoms with Crippen molar-refractivity contribution in [3.05, 3.63) is 35.9 Å². The van der Waals surface area contributed by atoms with E-state index >= 15 is 0 Å². The standard InChI is InChI=1S/C15H25NO/c1-3-14(4-2)15(17)12-16-11-10-13-8-6-5-7-9-13/h5-9,14-17H,3-4,10-12H2,1-2H3. The predicted molar refractivity (Wildman–Crippen MR) is 73.1 cm³/mol. The van der Waals surface area contributed by atoms with Crippen molar-refractivity contribution in [3.63, 3.8) is 0 Å². The molecule has 0 saturated carbocycles. The van der Waals surface area contributed by atoms with Crippen LogP contribution in [-0.4, -0.2) is 24.3 Å². The summed E-state index contributed by atoms with van der Waals surface area (Å²) in [5, 5.41) is 13.3. The van der Waals surface area contributed by atoms with Gasteiger partial charge in [0.05, 0.1) is 6.10 Å². The predicted octanol–water partition coefficient (Wildman–Crippen LogP) is 2.62. The molecule has 0 aliphatic rings. The molecule has 0 aromatic heterocycles. The van der Waals surface area contributed by atoms with Crippen LogP contribution in [0, 0.1) is 5.92 Å². The first kappa shape index (κ1) is 14.2. The molecule has 0 heterocycles. The molecule has 0 radical (unpaired) electrons. The Morgan fingerprint density at radius 2 is 1.76 bits per heavy atom. The van der Waals surface area contributed by atoms with Crippen molar-refractivity contribution in [2.75, 3.05) is 13.1 Å². The maximum atomic E-state index is 9.94. The number of aliphatic hydroxyl groups is 1. The van der Waals surface area contributed by atoms with Gasteiger partial charge in [0.1, 0.15) is 0 Å². The second-order valence-electron chi connectivity index (χ2n) is 4.58. The highest BCUT2D eigenvalue weighted by Gasteiger charge is 2.14. The van der Waals surface area contributed by atoms with Crippen LogP contribution >= 0.6 is 0 Å². The Bertz CT molecular complexity index is 282. The Hall–Kier alpha value is -0.860. The summed E-state index contributed by atoms with van der Waals surface area (Å²) in [7, 11) is 0. The topological polar surface area (TPSA) is 32.3 Å². The fourth-order valence-electron chi connectivity index (χ4n) is 2.13. The molecule has 96 valence electrons. The van der Waals surface area contributed by atoms with Crippen molar-refractivity contribution in [1.82, 2.24) is 5.32 Å². The zero-order valence-electron chi connectivity index (χ0n) is 11.0. The fourth-order valence-corrected chi connectivity index (χ4v) is 2.13. The van der Waals surface area contributed by atoms with Crippen LogP contribution in [0.1, 0.15) is 32.3 Å². The van der Waals surface area contributed by atoms with E-state index in [1.54, 1.807) is 0 Å². The normalized spacial score (nSPS) is 12.9. The van der Waals surface area contributed by atoms with Gasteiger partial charge < -0.3 is 10.4 Å². The Morgan fingerprint density at radius 1 is 1.12 bits per heavy atom. The molecule has 2 nitrogen and oxygen atoms in total. The van der Waals surface area contributed by atoms with Crippen LogP contribution in [0.4, 0.5) is 0 Å². The SMILES string of the molecule is CCC(CC)C(O)CNCCc1ccccc1. The lowest BCUT2D eigenvalue weighted by molar-refractivity contribution is 0.102. The lowest BCUT2D eigenvalue weighted by atomic mass is 9.96. The number of rotatable bonds is 8. The van der Waals surface area contributed by atoms with Gasteiger partial charge in [-0.15, -0.1) is 0 Å². The van der Waals surface area contributed by atoms with Crippen molar-refractivity contribution >= 4 is 0 Å². The van der Waals surface area contributed by atoms with Crippen molar-refractivity contribution in [3.8, 4) is 0 Å². The number of benzene rings is 1. The van der Waals surface area contributed by atoms with Crippen molar-refractivity contribution in [1.29, 1.82) is 0 Å². The van der Waals surface area contributed by atoms with E-state index in [2.05, 4.69) is 43.4 Å². The molecule has 0 aliphatic carbocycles. The lowest BCUT2D eigenvalue weighted by Crippen LogP contribution is -2.33. The average molecular weight is 235 g/mol. The van der Waals surface area contributed by atoms with E-state index in [0.717, 1.165) is 25.8 Å².